The molecule has 0 saturated heterocycles. The van der Waals surface area contributed by atoms with Crippen LogP contribution < -0.4 is 5.32 Å². The molecule has 0 amide bonds. The van der Waals surface area contributed by atoms with Crippen LogP contribution in [0.4, 0.5) is 0 Å². The molecule has 1 heterocycles. The zero-order valence-corrected chi connectivity index (χ0v) is 13.6. The van der Waals surface area contributed by atoms with Gasteiger partial charge in [0.2, 0.25) is 0 Å². The fourth-order valence-electron chi connectivity index (χ4n) is 2.36. The third-order valence-corrected chi connectivity index (χ3v) is 4.64. The monoisotopic (exact) mass is 311 g/mol. The van der Waals surface area contributed by atoms with Gasteiger partial charge in [-0.2, -0.15) is 0 Å². The summed E-state index contributed by atoms with van der Waals surface area (Å²) in [6.07, 6.45) is 1.19. The van der Waals surface area contributed by atoms with Crippen LogP contribution in [0.3, 0.4) is 0 Å². The van der Waals surface area contributed by atoms with Gasteiger partial charge in [0.15, 0.2) is 0 Å². The summed E-state index contributed by atoms with van der Waals surface area (Å²) >= 11 is 1.90. The SMILES string of the molecule is CCCSc1ccc2nc(CNCc3ccccc3)[nH]c2c1. The zero-order valence-electron chi connectivity index (χ0n) is 12.8. The Labute approximate surface area is 135 Å². The fraction of sp³-hybridized carbons (Fsp3) is 0.278. The Balaban J connectivity index is 1.62. The molecule has 0 atom stereocenters. The molecule has 0 saturated carbocycles. The molecule has 0 aliphatic rings. The van der Waals surface area contributed by atoms with Crippen LogP contribution >= 0.6 is 11.8 Å². The van der Waals surface area contributed by atoms with Gasteiger partial charge in [-0.3, -0.25) is 0 Å². The molecule has 2 N–H and O–H groups in total. The van der Waals surface area contributed by atoms with Crippen molar-refractivity contribution < 1.29 is 0 Å². The predicted molar refractivity (Wildman–Crippen MR) is 94.1 cm³/mol. The molecule has 3 nitrogen and oxygen atoms in total. The van der Waals surface area contributed by atoms with Gasteiger partial charge in [0, 0.05) is 11.4 Å². The van der Waals surface area contributed by atoms with Crippen LogP contribution in [0, 0.1) is 0 Å². The molecule has 0 aliphatic carbocycles. The number of aromatic nitrogens is 2. The van der Waals surface area contributed by atoms with Crippen LogP contribution in [-0.4, -0.2) is 15.7 Å². The molecule has 22 heavy (non-hydrogen) atoms. The van der Waals surface area contributed by atoms with E-state index in [1.54, 1.807) is 0 Å². The highest BCUT2D eigenvalue weighted by Crippen LogP contribution is 2.23. The summed E-state index contributed by atoms with van der Waals surface area (Å²) in [6, 6.07) is 16.9. The van der Waals surface area contributed by atoms with Crippen LogP contribution in [-0.2, 0) is 13.1 Å². The highest BCUT2D eigenvalue weighted by atomic mass is 32.2. The normalized spacial score (nSPS) is 11.1. The Bertz CT molecular complexity index is 722. The maximum Gasteiger partial charge on any atom is 0.121 e. The fourth-order valence-corrected chi connectivity index (χ4v) is 3.16. The number of thioether (sulfide) groups is 1. The third-order valence-electron chi connectivity index (χ3n) is 3.44. The van der Waals surface area contributed by atoms with Crippen LogP contribution in [0.1, 0.15) is 24.7 Å². The number of H-pyrrole nitrogens is 1. The van der Waals surface area contributed by atoms with E-state index in [0.717, 1.165) is 35.7 Å². The molecular formula is C18H21N3S. The molecule has 0 radical (unpaired) electrons. The summed E-state index contributed by atoms with van der Waals surface area (Å²) in [5.41, 5.74) is 3.45. The van der Waals surface area contributed by atoms with Crippen LogP contribution in [0.15, 0.2) is 53.4 Å². The van der Waals surface area contributed by atoms with Crippen molar-refractivity contribution in [2.24, 2.45) is 0 Å². The lowest BCUT2D eigenvalue weighted by Crippen LogP contribution is -2.13. The number of nitrogens with one attached hydrogen (secondary N) is 2. The van der Waals surface area contributed by atoms with Crippen molar-refractivity contribution in [1.82, 2.24) is 15.3 Å². The molecule has 1 aromatic heterocycles. The van der Waals surface area contributed by atoms with E-state index in [4.69, 9.17) is 0 Å². The summed E-state index contributed by atoms with van der Waals surface area (Å²) in [4.78, 5) is 9.36. The van der Waals surface area contributed by atoms with Gasteiger partial charge in [-0.1, -0.05) is 37.3 Å². The lowest BCUT2D eigenvalue weighted by Gasteiger charge is -2.02. The molecule has 0 fully saturated rings. The van der Waals surface area contributed by atoms with Gasteiger partial charge >= 0.3 is 0 Å². The Morgan fingerprint density at radius 3 is 2.77 bits per heavy atom. The van der Waals surface area contributed by atoms with E-state index < -0.39 is 0 Å². The van der Waals surface area contributed by atoms with Crippen molar-refractivity contribution >= 4 is 22.8 Å². The average molecular weight is 311 g/mol. The lowest BCUT2D eigenvalue weighted by atomic mass is 10.2. The smallest absolute Gasteiger partial charge is 0.121 e. The molecule has 0 spiro atoms. The first-order valence-corrected chi connectivity index (χ1v) is 8.70. The first-order chi connectivity index (χ1) is 10.8. The van der Waals surface area contributed by atoms with E-state index in [0.29, 0.717) is 0 Å². The molecule has 0 aliphatic heterocycles. The third kappa shape index (κ3) is 3.90. The topological polar surface area (TPSA) is 40.7 Å². The van der Waals surface area contributed by atoms with E-state index in [-0.39, 0.29) is 0 Å². The van der Waals surface area contributed by atoms with Crippen molar-refractivity contribution in [3.05, 3.63) is 59.9 Å². The predicted octanol–water partition coefficient (Wildman–Crippen LogP) is 4.35. The first kappa shape index (κ1) is 15.1. The molecular weight excluding hydrogens is 290 g/mol. The number of nitrogens with zero attached hydrogens (tertiary/aromatic N) is 1. The van der Waals surface area contributed by atoms with Gasteiger partial charge in [-0.25, -0.2) is 4.98 Å². The van der Waals surface area contributed by atoms with E-state index in [1.807, 2.05) is 17.8 Å². The molecule has 0 unspecified atom stereocenters. The highest BCUT2D eigenvalue weighted by Gasteiger charge is 2.04. The summed E-state index contributed by atoms with van der Waals surface area (Å²) in [6.45, 7) is 3.81. The van der Waals surface area contributed by atoms with Crippen molar-refractivity contribution in [1.29, 1.82) is 0 Å². The molecule has 0 bridgehead atoms. The number of rotatable bonds is 7. The molecule has 114 valence electrons. The number of imidazole rings is 1. The minimum atomic E-state index is 0.751. The summed E-state index contributed by atoms with van der Waals surface area (Å²) in [5, 5.41) is 3.43. The maximum absolute atomic E-state index is 4.64. The highest BCUT2D eigenvalue weighted by molar-refractivity contribution is 7.99. The van der Waals surface area contributed by atoms with Gasteiger partial charge in [-0.15, -0.1) is 11.8 Å². The number of aromatic amines is 1. The quantitative estimate of drug-likeness (QED) is 0.637. The van der Waals surface area contributed by atoms with E-state index in [2.05, 4.69) is 64.7 Å². The van der Waals surface area contributed by atoms with Crippen molar-refractivity contribution in [3.63, 3.8) is 0 Å². The van der Waals surface area contributed by atoms with E-state index in [9.17, 15) is 0 Å². The van der Waals surface area contributed by atoms with E-state index in [1.165, 1.54) is 16.9 Å². The molecule has 2 aromatic carbocycles. The zero-order chi connectivity index (χ0) is 15.2. The summed E-state index contributed by atoms with van der Waals surface area (Å²) in [7, 11) is 0. The van der Waals surface area contributed by atoms with Gasteiger partial charge in [0.05, 0.1) is 17.6 Å². The Kier molecular flexibility index (Phi) is 5.14. The average Bonchev–Trinajstić information content (AvgIpc) is 2.96. The number of fused-ring (bicyclic) bond motifs is 1. The molecule has 4 heteroatoms. The summed E-state index contributed by atoms with van der Waals surface area (Å²) in [5.74, 6) is 2.15. The van der Waals surface area contributed by atoms with Gasteiger partial charge in [0.1, 0.15) is 5.82 Å². The van der Waals surface area contributed by atoms with Crippen LogP contribution in [0.5, 0.6) is 0 Å². The summed E-state index contributed by atoms with van der Waals surface area (Å²) < 4.78 is 0. The Morgan fingerprint density at radius 1 is 1.09 bits per heavy atom. The maximum atomic E-state index is 4.64. The van der Waals surface area contributed by atoms with Gasteiger partial charge < -0.3 is 10.3 Å². The largest absolute Gasteiger partial charge is 0.341 e. The number of benzene rings is 2. The standard InChI is InChI=1S/C18H21N3S/c1-2-10-22-15-8-9-16-17(11-15)21-18(20-16)13-19-12-14-6-4-3-5-7-14/h3-9,11,19H,2,10,12-13H2,1H3,(H,20,21). The van der Waals surface area contributed by atoms with Gasteiger partial charge in [-0.05, 0) is 35.9 Å². The second-order valence-electron chi connectivity index (χ2n) is 5.30. The van der Waals surface area contributed by atoms with Crippen molar-refractivity contribution in [3.8, 4) is 0 Å². The molecule has 3 aromatic rings. The lowest BCUT2D eigenvalue weighted by molar-refractivity contribution is 0.670. The van der Waals surface area contributed by atoms with E-state index >= 15 is 0 Å². The van der Waals surface area contributed by atoms with Crippen molar-refractivity contribution in [2.75, 3.05) is 5.75 Å². The van der Waals surface area contributed by atoms with Gasteiger partial charge in [0.25, 0.3) is 0 Å². The Morgan fingerprint density at radius 2 is 1.95 bits per heavy atom. The second kappa shape index (κ2) is 7.47. The minimum absolute atomic E-state index is 0.751. The first-order valence-electron chi connectivity index (χ1n) is 7.71. The second-order valence-corrected chi connectivity index (χ2v) is 6.47. The number of hydrogen-bond donors (Lipinski definition) is 2. The minimum Gasteiger partial charge on any atom is -0.341 e. The van der Waals surface area contributed by atoms with Crippen LogP contribution in [0.25, 0.3) is 11.0 Å². The Hall–Kier alpha value is -1.78. The van der Waals surface area contributed by atoms with Crippen LogP contribution in [0.2, 0.25) is 0 Å². The molecule has 3 rings (SSSR count). The van der Waals surface area contributed by atoms with Crippen molar-refractivity contribution in [2.45, 2.75) is 31.3 Å². The number of hydrogen-bond acceptors (Lipinski definition) is 3.